The maximum Gasteiger partial charge on any atom is 0.0480 e. The number of rotatable bonds is 5. The molecule has 0 heterocycles. The van der Waals surface area contributed by atoms with Crippen LogP contribution >= 0.6 is 0 Å². The molecule has 2 heteroatoms. The van der Waals surface area contributed by atoms with E-state index in [1.165, 1.54) is 0 Å². The highest BCUT2D eigenvalue weighted by atomic mass is 16.5. The second-order valence-electron chi connectivity index (χ2n) is 2.15. The fourth-order valence-electron chi connectivity index (χ4n) is 0.583. The summed E-state index contributed by atoms with van der Waals surface area (Å²) in [5, 5.41) is 0. The molecule has 9 heavy (non-hydrogen) atoms. The third-order valence-corrected chi connectivity index (χ3v) is 1.36. The largest absolute Gasteiger partial charge is 0.382 e. The average molecular weight is 131 g/mol. The maximum absolute atomic E-state index is 5.63. The molecule has 0 rings (SSSR count). The quantitative estimate of drug-likeness (QED) is 0.568. The average Bonchev–Trinajstić information content (AvgIpc) is 1.89. The second-order valence-corrected chi connectivity index (χ2v) is 2.15. The predicted octanol–water partition coefficient (Wildman–Crippen LogP) is 1.15. The molecule has 0 aromatic carbocycles. The predicted molar refractivity (Wildman–Crippen MR) is 39.4 cm³/mol. The molecule has 0 saturated heterocycles. The third-order valence-electron chi connectivity index (χ3n) is 1.36. The zero-order valence-electron chi connectivity index (χ0n) is 6.39. The van der Waals surface area contributed by atoms with Gasteiger partial charge in [-0.1, -0.05) is 6.92 Å². The van der Waals surface area contributed by atoms with E-state index in [2.05, 4.69) is 6.92 Å². The van der Waals surface area contributed by atoms with Crippen molar-refractivity contribution in [2.45, 2.75) is 32.7 Å². The maximum atomic E-state index is 5.63. The van der Waals surface area contributed by atoms with Gasteiger partial charge < -0.3 is 10.5 Å². The highest BCUT2D eigenvalue weighted by Gasteiger charge is 1.96. The third kappa shape index (κ3) is 5.80. The minimum Gasteiger partial charge on any atom is -0.382 e. The van der Waals surface area contributed by atoms with Gasteiger partial charge in [-0.2, -0.15) is 0 Å². The first-order valence-electron chi connectivity index (χ1n) is 3.64. The van der Waals surface area contributed by atoms with Crippen LogP contribution in [-0.2, 0) is 4.74 Å². The second kappa shape index (κ2) is 6.05. The molecule has 2 nitrogen and oxygen atoms in total. The van der Waals surface area contributed by atoms with Gasteiger partial charge in [-0.05, 0) is 19.8 Å². The van der Waals surface area contributed by atoms with Gasteiger partial charge in [0.05, 0.1) is 0 Å². The fourth-order valence-corrected chi connectivity index (χ4v) is 0.583. The van der Waals surface area contributed by atoms with Gasteiger partial charge in [-0.15, -0.1) is 0 Å². The summed E-state index contributed by atoms with van der Waals surface area (Å²) in [6, 6.07) is 0.330. The number of hydrogen-bond donors (Lipinski definition) is 1. The number of ether oxygens (including phenoxy) is 1. The molecule has 0 saturated carbocycles. The van der Waals surface area contributed by atoms with E-state index in [4.69, 9.17) is 10.5 Å². The smallest absolute Gasteiger partial charge is 0.0480 e. The van der Waals surface area contributed by atoms with Gasteiger partial charge in [0, 0.05) is 19.3 Å². The molecule has 0 aliphatic rings. The fraction of sp³-hybridized carbons (Fsp3) is 1.00. The Hall–Kier alpha value is -0.0800. The molecule has 56 valence electrons. The van der Waals surface area contributed by atoms with E-state index in [-0.39, 0.29) is 0 Å². The molecule has 0 unspecified atom stereocenters. The standard InChI is InChI=1S/C7H17NO/c1-3-7(8)5-6-9-4-2/h7H,3-6,8H2,1-2H3/t7-/m0/s1. The van der Waals surface area contributed by atoms with E-state index in [1.54, 1.807) is 0 Å². The van der Waals surface area contributed by atoms with Crippen molar-refractivity contribution in [1.82, 2.24) is 0 Å². The first-order chi connectivity index (χ1) is 4.31. The van der Waals surface area contributed by atoms with Gasteiger partial charge in [-0.3, -0.25) is 0 Å². The Morgan fingerprint density at radius 2 is 2.11 bits per heavy atom. The van der Waals surface area contributed by atoms with Crippen molar-refractivity contribution in [3.63, 3.8) is 0 Å². The van der Waals surface area contributed by atoms with Crippen molar-refractivity contribution in [1.29, 1.82) is 0 Å². The monoisotopic (exact) mass is 131 g/mol. The SMILES string of the molecule is CCOCC[C@@H](N)CC. The van der Waals surface area contributed by atoms with Crippen molar-refractivity contribution < 1.29 is 4.74 Å². The molecule has 1 atom stereocenters. The molecule has 0 fully saturated rings. The number of nitrogens with two attached hydrogens (primary N) is 1. The lowest BCUT2D eigenvalue weighted by Crippen LogP contribution is -2.20. The molecule has 0 aliphatic heterocycles. The van der Waals surface area contributed by atoms with Crippen LogP contribution in [0.4, 0.5) is 0 Å². The Balaban J connectivity index is 2.88. The first-order valence-corrected chi connectivity index (χ1v) is 3.64. The molecule has 0 spiro atoms. The van der Waals surface area contributed by atoms with E-state index in [9.17, 15) is 0 Å². The molecule has 0 radical (unpaired) electrons. The van der Waals surface area contributed by atoms with E-state index < -0.39 is 0 Å². The summed E-state index contributed by atoms with van der Waals surface area (Å²) < 4.78 is 5.13. The summed E-state index contributed by atoms with van der Waals surface area (Å²) in [5.74, 6) is 0. The van der Waals surface area contributed by atoms with Gasteiger partial charge >= 0.3 is 0 Å². The van der Waals surface area contributed by atoms with Crippen molar-refractivity contribution >= 4 is 0 Å². The zero-order valence-corrected chi connectivity index (χ0v) is 6.39. The zero-order chi connectivity index (χ0) is 7.11. The van der Waals surface area contributed by atoms with Crippen LogP contribution in [-0.4, -0.2) is 19.3 Å². The Morgan fingerprint density at radius 1 is 1.44 bits per heavy atom. The summed E-state index contributed by atoms with van der Waals surface area (Å²) in [7, 11) is 0. The van der Waals surface area contributed by atoms with E-state index in [0.717, 1.165) is 26.1 Å². The lowest BCUT2D eigenvalue weighted by Gasteiger charge is -2.06. The van der Waals surface area contributed by atoms with Crippen molar-refractivity contribution in [2.75, 3.05) is 13.2 Å². The van der Waals surface area contributed by atoms with E-state index in [1.807, 2.05) is 6.92 Å². The van der Waals surface area contributed by atoms with Crippen LogP contribution in [0.3, 0.4) is 0 Å². The molecule has 0 bridgehead atoms. The van der Waals surface area contributed by atoms with Gasteiger partial charge in [-0.25, -0.2) is 0 Å². The van der Waals surface area contributed by atoms with Crippen LogP contribution in [0.5, 0.6) is 0 Å². The normalized spacial score (nSPS) is 13.7. The minimum atomic E-state index is 0.330. The van der Waals surface area contributed by atoms with Gasteiger partial charge in [0.2, 0.25) is 0 Å². The molecule has 0 aromatic rings. The minimum absolute atomic E-state index is 0.330. The van der Waals surface area contributed by atoms with E-state index in [0.29, 0.717) is 6.04 Å². The van der Waals surface area contributed by atoms with E-state index >= 15 is 0 Å². The Kier molecular flexibility index (Phi) is 5.99. The van der Waals surface area contributed by atoms with Crippen molar-refractivity contribution in [2.24, 2.45) is 5.73 Å². The highest BCUT2D eigenvalue weighted by molar-refractivity contribution is 4.55. The first kappa shape index (κ1) is 8.92. The van der Waals surface area contributed by atoms with Crippen LogP contribution in [0.1, 0.15) is 26.7 Å². The van der Waals surface area contributed by atoms with Crippen molar-refractivity contribution in [3.8, 4) is 0 Å². The van der Waals surface area contributed by atoms with Crippen LogP contribution in [0.2, 0.25) is 0 Å². The van der Waals surface area contributed by atoms with Crippen LogP contribution < -0.4 is 5.73 Å². The molecular weight excluding hydrogens is 114 g/mol. The summed E-state index contributed by atoms with van der Waals surface area (Å²) in [5.41, 5.74) is 5.63. The molecular formula is C7H17NO. The highest BCUT2D eigenvalue weighted by Crippen LogP contribution is 1.92. The molecule has 2 N–H and O–H groups in total. The summed E-state index contributed by atoms with van der Waals surface area (Å²) in [6.45, 7) is 5.70. The van der Waals surface area contributed by atoms with Gasteiger partial charge in [0.25, 0.3) is 0 Å². The molecule has 0 aliphatic carbocycles. The van der Waals surface area contributed by atoms with Gasteiger partial charge in [0.15, 0.2) is 0 Å². The molecule has 0 amide bonds. The van der Waals surface area contributed by atoms with Crippen molar-refractivity contribution in [3.05, 3.63) is 0 Å². The Labute approximate surface area is 57.4 Å². The summed E-state index contributed by atoms with van der Waals surface area (Å²) >= 11 is 0. The number of hydrogen-bond acceptors (Lipinski definition) is 2. The van der Waals surface area contributed by atoms with Gasteiger partial charge in [0.1, 0.15) is 0 Å². The van der Waals surface area contributed by atoms with Crippen LogP contribution in [0, 0.1) is 0 Å². The lowest BCUT2D eigenvalue weighted by molar-refractivity contribution is 0.139. The summed E-state index contributed by atoms with van der Waals surface area (Å²) in [6.07, 6.45) is 2.04. The Bertz CT molecular complexity index is 56.9. The topological polar surface area (TPSA) is 35.2 Å². The lowest BCUT2D eigenvalue weighted by atomic mass is 10.2. The van der Waals surface area contributed by atoms with Crippen LogP contribution in [0.25, 0.3) is 0 Å². The Morgan fingerprint density at radius 3 is 2.56 bits per heavy atom. The molecule has 0 aromatic heterocycles. The van der Waals surface area contributed by atoms with Crippen LogP contribution in [0.15, 0.2) is 0 Å². The summed E-state index contributed by atoms with van der Waals surface area (Å²) in [4.78, 5) is 0.